The zero-order valence-corrected chi connectivity index (χ0v) is 17.6. The molecule has 9 nitrogen and oxygen atoms in total. The lowest BCUT2D eigenvalue weighted by Crippen LogP contribution is -2.74. The molecule has 1 unspecified atom stereocenters. The number of carbonyl (C=O) groups excluding carboxylic acids is 3. The fourth-order valence-electron chi connectivity index (χ4n) is 3.54. The monoisotopic (exact) mass is 438 g/mol. The Morgan fingerprint density at radius 3 is 2.31 bits per heavy atom. The summed E-state index contributed by atoms with van der Waals surface area (Å²) in [5.41, 5.74) is -0.135. The molecule has 0 saturated carbocycles. The molecule has 0 aromatic heterocycles. The van der Waals surface area contributed by atoms with Gasteiger partial charge in [0.25, 0.3) is 11.4 Å². The molecule has 0 spiro atoms. The first-order chi connectivity index (χ1) is 15.5. The van der Waals surface area contributed by atoms with E-state index in [9.17, 15) is 14.4 Å². The fourth-order valence-corrected chi connectivity index (χ4v) is 3.54. The molecule has 0 radical (unpaired) electrons. The van der Waals surface area contributed by atoms with Crippen LogP contribution in [0.1, 0.15) is 12.5 Å². The van der Waals surface area contributed by atoms with Gasteiger partial charge in [0.15, 0.2) is 6.61 Å². The number of hydroxylamine groups is 2. The van der Waals surface area contributed by atoms with Crippen molar-refractivity contribution in [2.75, 3.05) is 25.2 Å². The molecule has 0 bridgehead atoms. The van der Waals surface area contributed by atoms with Crippen LogP contribution in [0, 0.1) is 0 Å². The lowest BCUT2D eigenvalue weighted by atomic mass is 9.85. The predicted molar refractivity (Wildman–Crippen MR) is 113 cm³/mol. The number of rotatable bonds is 8. The van der Waals surface area contributed by atoms with E-state index in [1.54, 1.807) is 56.6 Å². The predicted octanol–water partition coefficient (Wildman–Crippen LogP) is 2.21. The van der Waals surface area contributed by atoms with E-state index in [1.165, 1.54) is 16.2 Å². The van der Waals surface area contributed by atoms with Gasteiger partial charge in [0.05, 0.1) is 19.9 Å². The molecule has 0 aliphatic carbocycles. The molecular formula is C23H22N2O7. The first kappa shape index (κ1) is 21.2. The highest BCUT2D eigenvalue weighted by Gasteiger charge is 2.64. The minimum atomic E-state index is -1.47. The third kappa shape index (κ3) is 3.73. The molecule has 2 aliphatic heterocycles. The maximum atomic E-state index is 13.4. The Morgan fingerprint density at radius 1 is 1.00 bits per heavy atom. The molecule has 166 valence electrons. The van der Waals surface area contributed by atoms with Crippen molar-refractivity contribution in [3.63, 3.8) is 0 Å². The van der Waals surface area contributed by atoms with Gasteiger partial charge in [-0.25, -0.2) is 9.59 Å². The van der Waals surface area contributed by atoms with Crippen LogP contribution in [0.15, 0.2) is 60.9 Å². The third-order valence-corrected chi connectivity index (χ3v) is 5.21. The number of amides is 1. The molecule has 4 rings (SSSR count). The average molecular weight is 438 g/mol. The molecule has 32 heavy (non-hydrogen) atoms. The Balaban J connectivity index is 1.52. The van der Waals surface area contributed by atoms with Gasteiger partial charge in [0.1, 0.15) is 11.5 Å². The van der Waals surface area contributed by atoms with Gasteiger partial charge >= 0.3 is 11.9 Å². The number of hydrogen-bond acceptors (Lipinski definition) is 8. The number of ether oxygens (including phenoxy) is 3. The Bertz CT molecular complexity index is 1050. The van der Waals surface area contributed by atoms with Crippen LogP contribution in [-0.2, 0) is 30.4 Å². The van der Waals surface area contributed by atoms with Crippen molar-refractivity contribution in [1.29, 1.82) is 0 Å². The van der Waals surface area contributed by atoms with Crippen molar-refractivity contribution in [3.8, 4) is 11.5 Å². The van der Waals surface area contributed by atoms with Gasteiger partial charge in [-0.05, 0) is 48.9 Å². The maximum Gasteiger partial charge on any atom is 0.371 e. The van der Waals surface area contributed by atoms with Crippen molar-refractivity contribution < 1.29 is 33.4 Å². The summed E-state index contributed by atoms with van der Waals surface area (Å²) in [6.45, 7) is 1.79. The summed E-state index contributed by atoms with van der Waals surface area (Å²) < 4.78 is 15.4. The molecule has 9 heteroatoms. The summed E-state index contributed by atoms with van der Waals surface area (Å²) in [6, 6.07) is 13.8. The van der Waals surface area contributed by atoms with Gasteiger partial charge in [0, 0.05) is 18.3 Å². The molecule has 1 saturated heterocycles. The second kappa shape index (κ2) is 8.62. The van der Waals surface area contributed by atoms with Crippen molar-refractivity contribution in [2.45, 2.75) is 18.9 Å². The summed E-state index contributed by atoms with van der Waals surface area (Å²) in [5.74, 6) is -0.363. The molecule has 2 aromatic rings. The largest absolute Gasteiger partial charge is 0.497 e. The van der Waals surface area contributed by atoms with Crippen LogP contribution in [0.25, 0.3) is 0 Å². The minimum absolute atomic E-state index is 0.149. The van der Waals surface area contributed by atoms with Crippen LogP contribution in [0.5, 0.6) is 11.5 Å². The van der Waals surface area contributed by atoms with E-state index in [-0.39, 0.29) is 19.6 Å². The van der Waals surface area contributed by atoms with Crippen LogP contribution in [0.3, 0.4) is 0 Å². The standard InChI is InChI=1S/C23H22N2O7/c1-3-30-20(26)15-31-19-10-6-17(7-11-19)24-12-13-25-23(21(24)27,22(28)32-25)14-16-4-8-18(29-2)9-5-16/h4-13H,3,14-15H2,1-2H3. The van der Waals surface area contributed by atoms with Crippen LogP contribution in [-0.4, -0.2) is 48.8 Å². The Labute approximate surface area is 184 Å². The molecule has 0 N–H and O–H groups in total. The first-order valence-corrected chi connectivity index (χ1v) is 10.0. The Kier molecular flexibility index (Phi) is 5.72. The maximum absolute atomic E-state index is 13.4. The number of hydrogen-bond donors (Lipinski definition) is 0. The van der Waals surface area contributed by atoms with Gasteiger partial charge in [-0.15, -0.1) is 0 Å². The lowest BCUT2D eigenvalue weighted by molar-refractivity contribution is -0.264. The van der Waals surface area contributed by atoms with Crippen molar-refractivity contribution >= 4 is 23.5 Å². The Morgan fingerprint density at radius 2 is 1.69 bits per heavy atom. The van der Waals surface area contributed by atoms with E-state index in [0.717, 1.165) is 5.56 Å². The number of anilines is 1. The van der Waals surface area contributed by atoms with Gasteiger partial charge in [0.2, 0.25) is 0 Å². The highest BCUT2D eigenvalue weighted by molar-refractivity contribution is 6.18. The summed E-state index contributed by atoms with van der Waals surface area (Å²) in [5, 5.41) is 1.29. The van der Waals surface area contributed by atoms with Crippen LogP contribution in [0.2, 0.25) is 0 Å². The molecular weight excluding hydrogens is 416 g/mol. The number of esters is 1. The highest BCUT2D eigenvalue weighted by Crippen LogP contribution is 2.39. The van der Waals surface area contributed by atoms with Gasteiger partial charge < -0.3 is 19.0 Å². The fraction of sp³-hybridized carbons (Fsp3) is 0.261. The van der Waals surface area contributed by atoms with E-state index < -0.39 is 23.4 Å². The molecule has 2 aromatic carbocycles. The molecule has 1 amide bonds. The van der Waals surface area contributed by atoms with Crippen LogP contribution < -0.4 is 14.4 Å². The second-order valence-corrected chi connectivity index (χ2v) is 7.15. The smallest absolute Gasteiger partial charge is 0.371 e. The Hall–Kier alpha value is -4.01. The van der Waals surface area contributed by atoms with Crippen molar-refractivity contribution in [1.82, 2.24) is 5.06 Å². The lowest BCUT2D eigenvalue weighted by Gasteiger charge is -2.50. The van der Waals surface area contributed by atoms with E-state index in [4.69, 9.17) is 19.0 Å². The van der Waals surface area contributed by atoms with E-state index in [1.807, 2.05) is 12.1 Å². The van der Waals surface area contributed by atoms with Gasteiger partial charge in [-0.1, -0.05) is 12.1 Å². The summed E-state index contributed by atoms with van der Waals surface area (Å²) in [7, 11) is 1.57. The van der Waals surface area contributed by atoms with Crippen LogP contribution >= 0.6 is 0 Å². The van der Waals surface area contributed by atoms with Gasteiger partial charge in [-0.2, -0.15) is 5.06 Å². The second-order valence-electron chi connectivity index (χ2n) is 7.15. The summed E-state index contributed by atoms with van der Waals surface area (Å²) in [4.78, 5) is 43.9. The van der Waals surface area contributed by atoms with Gasteiger partial charge in [-0.3, -0.25) is 9.69 Å². The quantitative estimate of drug-likeness (QED) is 0.457. The number of nitrogens with zero attached hydrogens (tertiary/aromatic N) is 2. The number of methoxy groups -OCH3 is 1. The zero-order chi connectivity index (χ0) is 22.7. The van der Waals surface area contributed by atoms with Crippen molar-refractivity contribution in [2.24, 2.45) is 0 Å². The highest BCUT2D eigenvalue weighted by atomic mass is 16.8. The SMILES string of the molecule is CCOC(=O)COc1ccc(N2C=CN3OC(=O)C3(Cc3ccc(OC)cc3)C2=O)cc1. The number of carbonyl (C=O) groups is 3. The topological polar surface area (TPSA) is 94.6 Å². The number of benzene rings is 2. The zero-order valence-electron chi connectivity index (χ0n) is 17.6. The van der Waals surface area contributed by atoms with E-state index in [0.29, 0.717) is 17.2 Å². The first-order valence-electron chi connectivity index (χ1n) is 10.0. The normalized spacial score (nSPS) is 19.1. The molecule has 1 fully saturated rings. The summed E-state index contributed by atoms with van der Waals surface area (Å²) >= 11 is 0. The van der Waals surface area contributed by atoms with Crippen LogP contribution in [0.4, 0.5) is 5.69 Å². The van der Waals surface area contributed by atoms with Crippen molar-refractivity contribution in [3.05, 3.63) is 66.5 Å². The number of fused-ring (bicyclic) bond motifs is 1. The summed E-state index contributed by atoms with van der Waals surface area (Å²) in [6.07, 6.45) is 3.24. The average Bonchev–Trinajstić information content (AvgIpc) is 2.81. The van der Waals surface area contributed by atoms with E-state index in [2.05, 4.69) is 0 Å². The third-order valence-electron chi connectivity index (χ3n) is 5.21. The molecule has 2 aliphatic rings. The van der Waals surface area contributed by atoms with E-state index >= 15 is 0 Å². The molecule has 2 heterocycles. The minimum Gasteiger partial charge on any atom is -0.497 e. The molecule has 1 atom stereocenters.